The van der Waals surface area contributed by atoms with E-state index in [1.165, 1.54) is 92.5 Å². The lowest BCUT2D eigenvalue weighted by molar-refractivity contribution is -0.544. The highest BCUT2D eigenvalue weighted by Gasteiger charge is 2.88. The molecule has 18 heteroatoms. The summed E-state index contributed by atoms with van der Waals surface area (Å²) < 4.78 is 195. The molecule has 0 atom stereocenters. The first-order valence-corrected chi connectivity index (χ1v) is 19.3. The van der Waals surface area contributed by atoms with Crippen LogP contribution in [0.3, 0.4) is 0 Å². The molecule has 0 amide bonds. The number of hydrogen-bond donors (Lipinski definition) is 0. The van der Waals surface area contributed by atoms with Crippen molar-refractivity contribution in [1.82, 2.24) is 0 Å². The van der Waals surface area contributed by atoms with Gasteiger partial charge in [0.2, 0.25) is 0 Å². The highest BCUT2D eigenvalue weighted by molar-refractivity contribution is 5.66. The number of hydrogen-bond acceptors (Lipinski definition) is 3. The van der Waals surface area contributed by atoms with Crippen LogP contribution < -0.4 is 0 Å². The van der Waals surface area contributed by atoms with E-state index in [4.69, 9.17) is 0 Å². The number of alkyl halides is 15. The summed E-state index contributed by atoms with van der Waals surface area (Å²) in [6.07, 6.45) is -36.2. The maximum atomic E-state index is 13.0. The van der Waals surface area contributed by atoms with Crippen molar-refractivity contribution in [2.75, 3.05) is 13.7 Å². The monoisotopic (exact) mass is 920 g/mol. The van der Waals surface area contributed by atoms with Crippen LogP contribution in [-0.4, -0.2) is 56.2 Å². The standard InChI is InChI=1S/C20H24.C16H18.C9H5F15O3/c1-16-6-10-18(11-7-16)20(14-4-3-5-15-20)19-12-8-17(2)9-13-19;1-11-5-7-15(9-13(11)3)16-8-6-12(2)14(4)10-16;1-25-2-3(10,11)26-8(21,22)9(23,24)27-7(19,20)4(12,5(13,14)15)6(16,17)18/h6-13H,3-5,14-15H2,1-2H3;5-10H,1-4H3;2H2,1H3. The molecule has 0 spiro atoms. The molecule has 0 aromatic heterocycles. The van der Waals surface area contributed by atoms with Crippen LogP contribution in [0.2, 0.25) is 0 Å². The Morgan fingerprint density at radius 2 is 0.810 bits per heavy atom. The van der Waals surface area contributed by atoms with Gasteiger partial charge in [-0.1, -0.05) is 115 Å². The summed E-state index contributed by atoms with van der Waals surface area (Å²) in [6.45, 7) is 10.7. The third-order valence-electron chi connectivity index (χ3n) is 10.6. The molecule has 3 nitrogen and oxygen atoms in total. The quantitative estimate of drug-likeness (QED) is 0.140. The maximum Gasteiger partial charge on any atom is 0.453 e. The molecule has 0 bridgehead atoms. The molecule has 4 aromatic carbocycles. The van der Waals surface area contributed by atoms with E-state index < -0.39 is 49.1 Å². The van der Waals surface area contributed by atoms with Gasteiger partial charge in [-0.05, 0) is 98.9 Å². The largest absolute Gasteiger partial charge is 0.453 e. The molecular formula is C45H47F15O3. The van der Waals surface area contributed by atoms with E-state index in [9.17, 15) is 65.9 Å². The fraction of sp³-hybridized carbons (Fsp3) is 0.467. The maximum absolute atomic E-state index is 13.0. The van der Waals surface area contributed by atoms with Crippen molar-refractivity contribution in [3.8, 4) is 11.1 Å². The van der Waals surface area contributed by atoms with Crippen LogP contribution >= 0.6 is 0 Å². The number of rotatable bonds is 11. The molecule has 1 aliphatic carbocycles. The van der Waals surface area contributed by atoms with Crippen LogP contribution in [0, 0.1) is 41.5 Å². The van der Waals surface area contributed by atoms with Gasteiger partial charge in [-0.3, -0.25) is 0 Å². The predicted molar refractivity (Wildman–Crippen MR) is 207 cm³/mol. The van der Waals surface area contributed by atoms with Crippen molar-refractivity contribution in [2.45, 2.75) is 122 Å². The van der Waals surface area contributed by atoms with E-state index in [-0.39, 0.29) is 5.41 Å². The van der Waals surface area contributed by atoms with E-state index in [1.807, 2.05) is 0 Å². The third kappa shape index (κ3) is 12.5. The van der Waals surface area contributed by atoms with Crippen molar-refractivity contribution < 1.29 is 80.1 Å². The molecule has 5 rings (SSSR count). The summed E-state index contributed by atoms with van der Waals surface area (Å²) in [7, 11) is 0.377. The van der Waals surface area contributed by atoms with Crippen LogP contribution in [0.4, 0.5) is 65.9 Å². The van der Waals surface area contributed by atoms with Gasteiger partial charge in [0.1, 0.15) is 6.61 Å². The Kier molecular flexibility index (Phi) is 16.7. The number of aryl methyl sites for hydroxylation is 6. The van der Waals surface area contributed by atoms with Crippen molar-refractivity contribution in [3.05, 3.63) is 129 Å². The molecule has 0 radical (unpaired) electrons. The molecule has 350 valence electrons. The second-order valence-electron chi connectivity index (χ2n) is 15.5. The van der Waals surface area contributed by atoms with Gasteiger partial charge in [-0.2, -0.15) is 61.5 Å². The fourth-order valence-electron chi connectivity index (χ4n) is 6.71. The first-order chi connectivity index (χ1) is 28.8. The SMILES string of the molecule is COCC(F)(F)OC(F)(F)C(F)(F)OC(F)(F)C(F)(C(F)(F)F)C(F)(F)F.Cc1ccc(-c2ccc(C)c(C)c2)cc1C.Cc1ccc(C2(c3ccc(C)cc3)CCCCC2)cc1. The summed E-state index contributed by atoms with van der Waals surface area (Å²) in [6, 6.07) is 31.8. The number of halogens is 15. The number of methoxy groups -OCH3 is 1. The summed E-state index contributed by atoms with van der Waals surface area (Å²) in [4.78, 5) is 0. The highest BCUT2D eigenvalue weighted by Crippen LogP contribution is 2.57. The Balaban J connectivity index is 0.000000259. The van der Waals surface area contributed by atoms with Gasteiger partial charge in [0.25, 0.3) is 0 Å². The topological polar surface area (TPSA) is 27.7 Å². The van der Waals surface area contributed by atoms with Crippen LogP contribution in [-0.2, 0) is 19.6 Å². The third-order valence-corrected chi connectivity index (χ3v) is 10.6. The van der Waals surface area contributed by atoms with Gasteiger partial charge in [0, 0.05) is 12.5 Å². The summed E-state index contributed by atoms with van der Waals surface area (Å²) in [5, 5.41) is 0. The van der Waals surface area contributed by atoms with E-state index in [0.29, 0.717) is 7.11 Å². The van der Waals surface area contributed by atoms with Gasteiger partial charge in [-0.15, -0.1) is 0 Å². The van der Waals surface area contributed by atoms with Gasteiger partial charge < -0.3 is 4.74 Å². The smallest absolute Gasteiger partial charge is 0.376 e. The minimum absolute atomic E-state index is 0.250. The van der Waals surface area contributed by atoms with Crippen LogP contribution in [0.15, 0.2) is 84.9 Å². The normalized spacial score (nSPS) is 15.2. The molecule has 0 N–H and O–H groups in total. The summed E-state index contributed by atoms with van der Waals surface area (Å²) in [5.41, 5.74) is 6.09. The van der Waals surface area contributed by atoms with Crippen molar-refractivity contribution in [2.24, 2.45) is 0 Å². The first kappa shape index (κ1) is 53.1. The van der Waals surface area contributed by atoms with Crippen molar-refractivity contribution in [1.29, 1.82) is 0 Å². The minimum Gasteiger partial charge on any atom is -0.376 e. The second-order valence-corrected chi connectivity index (χ2v) is 15.5. The van der Waals surface area contributed by atoms with Crippen LogP contribution in [0.1, 0.15) is 76.6 Å². The molecular weight excluding hydrogens is 873 g/mol. The van der Waals surface area contributed by atoms with E-state index in [2.05, 4.69) is 136 Å². The van der Waals surface area contributed by atoms with Gasteiger partial charge in [-0.25, -0.2) is 13.9 Å². The molecule has 0 unspecified atom stereocenters. The van der Waals surface area contributed by atoms with Gasteiger partial charge in [0.05, 0.1) is 0 Å². The fourth-order valence-corrected chi connectivity index (χ4v) is 6.71. The molecule has 1 aliphatic rings. The molecule has 0 saturated heterocycles. The van der Waals surface area contributed by atoms with Crippen molar-refractivity contribution in [3.63, 3.8) is 0 Å². The summed E-state index contributed by atoms with van der Waals surface area (Å²) in [5.74, 6) is 0. The Labute approximate surface area is 355 Å². The van der Waals surface area contributed by atoms with Crippen LogP contribution in [0.5, 0.6) is 0 Å². The zero-order chi connectivity index (χ0) is 48.0. The average molecular weight is 921 g/mol. The lowest BCUT2D eigenvalue weighted by atomic mass is 9.65. The molecule has 63 heavy (non-hydrogen) atoms. The van der Waals surface area contributed by atoms with E-state index in [1.54, 1.807) is 0 Å². The van der Waals surface area contributed by atoms with Crippen LogP contribution in [0.25, 0.3) is 11.1 Å². The Morgan fingerprint density at radius 3 is 1.14 bits per heavy atom. The Bertz CT molecular complexity index is 1980. The minimum atomic E-state index is -7.92. The predicted octanol–water partition coefficient (Wildman–Crippen LogP) is 15.0. The van der Waals surface area contributed by atoms with Gasteiger partial charge >= 0.3 is 42.5 Å². The second kappa shape index (κ2) is 19.8. The van der Waals surface area contributed by atoms with E-state index >= 15 is 0 Å². The highest BCUT2D eigenvalue weighted by atomic mass is 19.4. The molecule has 1 fully saturated rings. The Hall–Kier alpha value is -4.29. The van der Waals surface area contributed by atoms with Crippen molar-refractivity contribution >= 4 is 0 Å². The Morgan fingerprint density at radius 1 is 0.444 bits per heavy atom. The van der Waals surface area contributed by atoms with Gasteiger partial charge in [0.15, 0.2) is 0 Å². The lowest BCUT2D eigenvalue weighted by Crippen LogP contribution is -2.68. The first-order valence-electron chi connectivity index (χ1n) is 19.3. The molecule has 1 saturated carbocycles. The lowest BCUT2D eigenvalue weighted by Gasteiger charge is -2.38. The number of benzene rings is 4. The zero-order valence-corrected chi connectivity index (χ0v) is 35.2. The number of ether oxygens (including phenoxy) is 3. The zero-order valence-electron chi connectivity index (χ0n) is 35.2. The average Bonchev–Trinajstić information content (AvgIpc) is 3.16. The summed E-state index contributed by atoms with van der Waals surface area (Å²) >= 11 is 0. The van der Waals surface area contributed by atoms with E-state index in [0.717, 1.165) is 0 Å². The molecule has 4 aromatic rings. The molecule has 0 aliphatic heterocycles. The molecule has 0 heterocycles.